The zero-order valence-electron chi connectivity index (χ0n) is 16.6. The lowest BCUT2D eigenvalue weighted by Crippen LogP contribution is -2.53. The second-order valence-corrected chi connectivity index (χ2v) is 8.49. The molecular weight excluding hydrogens is 340 g/mol. The molecule has 0 radical (unpaired) electrons. The van der Waals surface area contributed by atoms with Gasteiger partial charge in [0.15, 0.2) is 0 Å². The highest BCUT2D eigenvalue weighted by Crippen LogP contribution is 2.59. The molecule has 1 spiro atoms. The summed E-state index contributed by atoms with van der Waals surface area (Å²) >= 11 is 0. The van der Waals surface area contributed by atoms with Gasteiger partial charge in [-0.1, -0.05) is 17.3 Å². The number of nitrogens with zero attached hydrogens (tertiary/aromatic N) is 1. The maximum absolute atomic E-state index is 12.6. The molecule has 5 heteroatoms. The SMILES string of the molecule is Cc1cccc(NC(=O)C2CC3(CC(OCc4c(C)noc4C)C3)C2)c1C. The molecule has 2 fully saturated rings. The van der Waals surface area contributed by atoms with Crippen molar-refractivity contribution in [3.63, 3.8) is 0 Å². The first-order valence-electron chi connectivity index (χ1n) is 9.77. The van der Waals surface area contributed by atoms with Crippen LogP contribution in [-0.2, 0) is 16.1 Å². The van der Waals surface area contributed by atoms with Crippen molar-refractivity contribution in [2.75, 3.05) is 5.32 Å². The number of carbonyl (C=O) groups is 1. The van der Waals surface area contributed by atoms with E-state index < -0.39 is 0 Å². The monoisotopic (exact) mass is 368 g/mol. The lowest BCUT2D eigenvalue weighted by Gasteiger charge is -2.56. The highest BCUT2D eigenvalue weighted by atomic mass is 16.5. The van der Waals surface area contributed by atoms with Gasteiger partial charge < -0.3 is 14.6 Å². The van der Waals surface area contributed by atoms with E-state index in [2.05, 4.69) is 30.4 Å². The zero-order valence-corrected chi connectivity index (χ0v) is 16.6. The van der Waals surface area contributed by atoms with E-state index in [9.17, 15) is 4.79 Å². The van der Waals surface area contributed by atoms with E-state index in [1.807, 2.05) is 26.0 Å². The van der Waals surface area contributed by atoms with Crippen LogP contribution < -0.4 is 5.32 Å². The van der Waals surface area contributed by atoms with Gasteiger partial charge in [-0.25, -0.2) is 0 Å². The quantitative estimate of drug-likeness (QED) is 0.836. The fourth-order valence-corrected chi connectivity index (χ4v) is 4.56. The molecule has 27 heavy (non-hydrogen) atoms. The fourth-order valence-electron chi connectivity index (χ4n) is 4.56. The van der Waals surface area contributed by atoms with Crippen LogP contribution in [0.3, 0.4) is 0 Å². The second-order valence-electron chi connectivity index (χ2n) is 8.49. The van der Waals surface area contributed by atoms with Gasteiger partial charge in [-0.3, -0.25) is 4.79 Å². The van der Waals surface area contributed by atoms with E-state index in [0.29, 0.717) is 18.1 Å². The van der Waals surface area contributed by atoms with Gasteiger partial charge in [-0.15, -0.1) is 0 Å². The highest BCUT2D eigenvalue weighted by Gasteiger charge is 2.55. The van der Waals surface area contributed by atoms with Crippen LogP contribution in [0.2, 0.25) is 0 Å². The Labute approximate surface area is 160 Å². The van der Waals surface area contributed by atoms with Gasteiger partial charge in [0.2, 0.25) is 5.91 Å². The van der Waals surface area contributed by atoms with Crippen LogP contribution >= 0.6 is 0 Å². The molecule has 0 atom stereocenters. The molecule has 2 saturated carbocycles. The van der Waals surface area contributed by atoms with Gasteiger partial charge in [0.25, 0.3) is 0 Å². The number of hydrogen-bond acceptors (Lipinski definition) is 4. The summed E-state index contributed by atoms with van der Waals surface area (Å²) in [6.45, 7) is 8.56. The average Bonchev–Trinajstić information content (AvgIpc) is 2.87. The molecule has 1 heterocycles. The molecule has 2 aliphatic carbocycles. The van der Waals surface area contributed by atoms with Gasteiger partial charge in [0.05, 0.1) is 18.4 Å². The van der Waals surface area contributed by atoms with Crippen molar-refractivity contribution in [1.29, 1.82) is 0 Å². The first-order valence-corrected chi connectivity index (χ1v) is 9.77. The van der Waals surface area contributed by atoms with Crippen LogP contribution in [0, 0.1) is 39.0 Å². The van der Waals surface area contributed by atoms with Gasteiger partial charge >= 0.3 is 0 Å². The van der Waals surface area contributed by atoms with E-state index in [-0.39, 0.29) is 11.8 Å². The largest absolute Gasteiger partial charge is 0.373 e. The molecule has 0 saturated heterocycles. The zero-order chi connectivity index (χ0) is 19.2. The Morgan fingerprint density at radius 2 is 1.96 bits per heavy atom. The van der Waals surface area contributed by atoms with Crippen LogP contribution in [-0.4, -0.2) is 17.2 Å². The second kappa shape index (κ2) is 6.79. The minimum atomic E-state index is 0.133. The average molecular weight is 368 g/mol. The standard InChI is InChI=1S/C22H28N2O3/c1-13-6-5-7-20(14(13)2)23-21(25)17-8-22(9-17)10-18(11-22)26-12-19-15(3)24-27-16(19)4/h5-7,17-18H,8-12H2,1-4H3,(H,23,25). The molecule has 2 aliphatic rings. The molecule has 1 aromatic carbocycles. The molecule has 1 N–H and O–H groups in total. The van der Waals surface area contributed by atoms with E-state index >= 15 is 0 Å². The number of amides is 1. The molecule has 5 nitrogen and oxygen atoms in total. The predicted molar refractivity (Wildman–Crippen MR) is 103 cm³/mol. The number of nitrogens with one attached hydrogen (secondary N) is 1. The fraction of sp³-hybridized carbons (Fsp3) is 0.545. The van der Waals surface area contributed by atoms with E-state index in [1.165, 1.54) is 5.56 Å². The maximum atomic E-state index is 12.6. The third-order valence-electron chi connectivity index (χ3n) is 6.56. The normalized spacial score (nSPS) is 26.5. The number of aromatic nitrogens is 1. The van der Waals surface area contributed by atoms with Crippen molar-refractivity contribution in [2.24, 2.45) is 11.3 Å². The number of ether oxygens (including phenoxy) is 1. The summed E-state index contributed by atoms with van der Waals surface area (Å²) in [6, 6.07) is 6.05. The Morgan fingerprint density at radius 3 is 2.63 bits per heavy atom. The van der Waals surface area contributed by atoms with Crippen molar-refractivity contribution in [3.05, 3.63) is 46.3 Å². The van der Waals surface area contributed by atoms with Crippen molar-refractivity contribution in [1.82, 2.24) is 5.16 Å². The molecule has 4 rings (SSSR count). The van der Waals surface area contributed by atoms with Crippen molar-refractivity contribution in [3.8, 4) is 0 Å². The molecule has 2 aromatic rings. The number of carbonyl (C=O) groups excluding carboxylic acids is 1. The summed E-state index contributed by atoms with van der Waals surface area (Å²) in [4.78, 5) is 12.6. The molecule has 1 aromatic heterocycles. The number of anilines is 1. The van der Waals surface area contributed by atoms with E-state index in [4.69, 9.17) is 9.26 Å². The highest BCUT2D eigenvalue weighted by molar-refractivity contribution is 5.94. The van der Waals surface area contributed by atoms with Gasteiger partial charge in [-0.05, 0) is 76.0 Å². The predicted octanol–water partition coefficient (Wildman–Crippen LogP) is 4.62. The summed E-state index contributed by atoms with van der Waals surface area (Å²) in [6.07, 6.45) is 4.37. The minimum Gasteiger partial charge on any atom is -0.373 e. The van der Waals surface area contributed by atoms with Gasteiger partial charge in [0.1, 0.15) is 5.76 Å². The molecule has 1 amide bonds. The minimum absolute atomic E-state index is 0.133. The summed E-state index contributed by atoms with van der Waals surface area (Å²) in [5.41, 5.74) is 5.60. The Hall–Kier alpha value is -2.14. The van der Waals surface area contributed by atoms with Crippen LogP contribution in [0.1, 0.15) is 53.8 Å². The van der Waals surface area contributed by atoms with Crippen LogP contribution in [0.4, 0.5) is 5.69 Å². The van der Waals surface area contributed by atoms with Crippen molar-refractivity contribution in [2.45, 2.75) is 66.1 Å². The number of aryl methyl sites for hydroxylation is 3. The van der Waals surface area contributed by atoms with Gasteiger partial charge in [-0.2, -0.15) is 0 Å². The van der Waals surface area contributed by atoms with Crippen LogP contribution in [0.25, 0.3) is 0 Å². The van der Waals surface area contributed by atoms with Crippen molar-refractivity contribution >= 4 is 11.6 Å². The summed E-state index contributed by atoms with van der Waals surface area (Å²) in [7, 11) is 0. The molecule has 0 bridgehead atoms. The number of benzene rings is 1. The third-order valence-corrected chi connectivity index (χ3v) is 6.56. The molecule has 0 aliphatic heterocycles. The lowest BCUT2D eigenvalue weighted by atomic mass is 9.50. The number of hydrogen-bond donors (Lipinski definition) is 1. The molecule has 0 unspecified atom stereocenters. The van der Waals surface area contributed by atoms with Crippen LogP contribution in [0.15, 0.2) is 22.7 Å². The molecule has 144 valence electrons. The Kier molecular flexibility index (Phi) is 4.58. The Balaban J connectivity index is 1.23. The topological polar surface area (TPSA) is 64.4 Å². The lowest BCUT2D eigenvalue weighted by molar-refractivity contribution is -0.156. The Morgan fingerprint density at radius 1 is 1.22 bits per heavy atom. The summed E-state index contributed by atoms with van der Waals surface area (Å²) in [5.74, 6) is 1.14. The summed E-state index contributed by atoms with van der Waals surface area (Å²) in [5, 5.41) is 7.09. The van der Waals surface area contributed by atoms with Crippen molar-refractivity contribution < 1.29 is 14.1 Å². The maximum Gasteiger partial charge on any atom is 0.227 e. The van der Waals surface area contributed by atoms with E-state index in [0.717, 1.165) is 54.0 Å². The van der Waals surface area contributed by atoms with E-state index in [1.54, 1.807) is 0 Å². The Bertz CT molecular complexity index is 837. The first kappa shape index (κ1) is 18.2. The molecular formula is C22H28N2O3. The number of rotatable bonds is 5. The third kappa shape index (κ3) is 3.41. The smallest absolute Gasteiger partial charge is 0.227 e. The summed E-state index contributed by atoms with van der Waals surface area (Å²) < 4.78 is 11.2. The first-order chi connectivity index (χ1) is 12.9. The van der Waals surface area contributed by atoms with Gasteiger partial charge in [0, 0.05) is 17.2 Å². The van der Waals surface area contributed by atoms with Crippen LogP contribution in [0.5, 0.6) is 0 Å².